The molecule has 0 spiro atoms. The van der Waals surface area contributed by atoms with Crippen molar-refractivity contribution in [3.05, 3.63) is 11.9 Å². The van der Waals surface area contributed by atoms with Gasteiger partial charge in [-0.3, -0.25) is 4.79 Å². The van der Waals surface area contributed by atoms with Gasteiger partial charge in [0.1, 0.15) is 0 Å². The molecule has 18 heavy (non-hydrogen) atoms. The first-order chi connectivity index (χ1) is 7.97. The zero-order valence-corrected chi connectivity index (χ0v) is 10.0. The van der Waals surface area contributed by atoms with Crippen molar-refractivity contribution < 1.29 is 32.6 Å². The second kappa shape index (κ2) is 4.29. The molecule has 0 saturated heterocycles. The van der Waals surface area contributed by atoms with Crippen molar-refractivity contribution in [2.24, 2.45) is 17.3 Å². The van der Waals surface area contributed by atoms with Gasteiger partial charge in [0.05, 0.1) is 5.92 Å². The van der Waals surface area contributed by atoms with Crippen molar-refractivity contribution in [1.82, 2.24) is 0 Å². The van der Waals surface area contributed by atoms with Gasteiger partial charge in [-0.2, -0.15) is 13.2 Å². The summed E-state index contributed by atoms with van der Waals surface area (Å²) in [7, 11) is 0. The molecule has 4 nitrogen and oxygen atoms in total. The topological polar surface area (TPSA) is 63.6 Å². The maximum Gasteiger partial charge on any atom is 0.397 e. The van der Waals surface area contributed by atoms with E-state index in [0.717, 1.165) is 6.08 Å². The number of carboxylic acids is 1. The molecular formula is C11H13F3O4. The number of carboxylic acid groups (broad SMARTS) is 1. The van der Waals surface area contributed by atoms with Crippen LogP contribution >= 0.6 is 0 Å². The zero-order chi connectivity index (χ0) is 14.3. The maximum atomic E-state index is 13.3. The van der Waals surface area contributed by atoms with E-state index >= 15 is 0 Å². The lowest BCUT2D eigenvalue weighted by molar-refractivity contribution is -0.220. The van der Waals surface area contributed by atoms with Crippen molar-refractivity contribution in [2.75, 3.05) is 0 Å². The summed E-state index contributed by atoms with van der Waals surface area (Å²) in [6.07, 6.45) is -3.04. The third-order valence-corrected chi connectivity index (χ3v) is 2.97. The van der Waals surface area contributed by atoms with Crippen LogP contribution < -0.4 is 0 Å². The molecule has 0 aliphatic heterocycles. The molecule has 0 aromatic heterocycles. The number of aliphatic carboxylic acids is 1. The molecule has 1 N–H and O–H groups in total. The van der Waals surface area contributed by atoms with Gasteiger partial charge in [-0.05, 0) is 17.4 Å². The van der Waals surface area contributed by atoms with Crippen molar-refractivity contribution in [2.45, 2.75) is 26.9 Å². The van der Waals surface area contributed by atoms with Crippen molar-refractivity contribution in [3.8, 4) is 0 Å². The molecule has 0 aromatic carbocycles. The van der Waals surface area contributed by atoms with E-state index in [-0.39, 0.29) is 0 Å². The van der Waals surface area contributed by atoms with E-state index < -0.39 is 41.1 Å². The predicted molar refractivity (Wildman–Crippen MR) is 54.3 cm³/mol. The van der Waals surface area contributed by atoms with Crippen LogP contribution in [0.15, 0.2) is 11.9 Å². The molecule has 0 amide bonds. The minimum atomic E-state index is -3.77. The van der Waals surface area contributed by atoms with Gasteiger partial charge in [0.2, 0.25) is 5.83 Å². The van der Waals surface area contributed by atoms with Crippen molar-refractivity contribution in [1.29, 1.82) is 0 Å². The molecule has 0 bridgehead atoms. The summed E-state index contributed by atoms with van der Waals surface area (Å²) < 4.78 is 41.4. The Morgan fingerprint density at radius 2 is 1.89 bits per heavy atom. The van der Waals surface area contributed by atoms with Gasteiger partial charge in [-0.25, -0.2) is 4.79 Å². The van der Waals surface area contributed by atoms with Crippen LogP contribution in [0.4, 0.5) is 13.2 Å². The van der Waals surface area contributed by atoms with E-state index in [9.17, 15) is 22.8 Å². The molecule has 0 aromatic rings. The second-order valence-electron chi connectivity index (χ2n) is 4.88. The standard InChI is InChI=1S/C11H13F3O4/c1-10(2)5(7(10)8(15)16)4-6(12)9(17)18-11(3,13)14/h4-5,7H,1-3H3,(H,15,16). The number of esters is 1. The number of alkyl halides is 2. The van der Waals surface area contributed by atoms with E-state index in [0.29, 0.717) is 6.92 Å². The molecule has 1 rings (SSSR count). The van der Waals surface area contributed by atoms with Crippen LogP contribution in [0.2, 0.25) is 0 Å². The molecule has 7 heteroatoms. The first-order valence-electron chi connectivity index (χ1n) is 5.18. The van der Waals surface area contributed by atoms with E-state index in [1.165, 1.54) is 0 Å². The number of hydrogen-bond donors (Lipinski definition) is 1. The Balaban J connectivity index is 2.74. The average molecular weight is 266 g/mol. The molecule has 1 saturated carbocycles. The molecule has 2 unspecified atom stereocenters. The highest BCUT2D eigenvalue weighted by molar-refractivity contribution is 5.87. The Hall–Kier alpha value is -1.53. The van der Waals surface area contributed by atoms with Gasteiger partial charge >= 0.3 is 18.0 Å². The van der Waals surface area contributed by atoms with Gasteiger partial charge in [0.15, 0.2) is 0 Å². The largest absolute Gasteiger partial charge is 0.481 e. The zero-order valence-electron chi connectivity index (χ0n) is 10.0. The van der Waals surface area contributed by atoms with Gasteiger partial charge in [0, 0.05) is 6.92 Å². The van der Waals surface area contributed by atoms with Crippen molar-refractivity contribution >= 4 is 11.9 Å². The first-order valence-corrected chi connectivity index (χ1v) is 5.18. The summed E-state index contributed by atoms with van der Waals surface area (Å²) in [5, 5.41) is 8.81. The van der Waals surface area contributed by atoms with Crippen LogP contribution in [0, 0.1) is 17.3 Å². The number of ether oxygens (including phenoxy) is 1. The van der Waals surface area contributed by atoms with E-state index in [2.05, 4.69) is 4.74 Å². The molecule has 102 valence electrons. The van der Waals surface area contributed by atoms with Gasteiger partial charge < -0.3 is 9.84 Å². The van der Waals surface area contributed by atoms with Crippen LogP contribution in [0.3, 0.4) is 0 Å². The Labute approximate surface area is 101 Å². The van der Waals surface area contributed by atoms with E-state index in [1.54, 1.807) is 13.8 Å². The number of rotatable bonds is 4. The van der Waals surface area contributed by atoms with Crippen LogP contribution in [0.5, 0.6) is 0 Å². The molecule has 0 radical (unpaired) electrons. The Morgan fingerprint density at radius 1 is 1.39 bits per heavy atom. The van der Waals surface area contributed by atoms with Crippen molar-refractivity contribution in [3.63, 3.8) is 0 Å². The maximum absolute atomic E-state index is 13.3. The first kappa shape index (κ1) is 14.5. The Kier molecular flexibility index (Phi) is 3.47. The third-order valence-electron chi connectivity index (χ3n) is 2.97. The molecule has 2 atom stereocenters. The molecule has 1 aliphatic rings. The molecule has 0 heterocycles. The summed E-state index contributed by atoms with van der Waals surface area (Å²) in [5.41, 5.74) is -0.710. The monoisotopic (exact) mass is 266 g/mol. The van der Waals surface area contributed by atoms with Crippen LogP contribution in [0.25, 0.3) is 0 Å². The Bertz CT molecular complexity index is 409. The summed E-state index contributed by atoms with van der Waals surface area (Å²) in [4.78, 5) is 21.7. The van der Waals surface area contributed by atoms with E-state index in [1.807, 2.05) is 0 Å². The highest BCUT2D eigenvalue weighted by atomic mass is 19.3. The second-order valence-corrected chi connectivity index (χ2v) is 4.88. The predicted octanol–water partition coefficient (Wildman–Crippen LogP) is 2.35. The van der Waals surface area contributed by atoms with Crippen LogP contribution in [0.1, 0.15) is 20.8 Å². The lowest BCUT2D eigenvalue weighted by Gasteiger charge is -2.09. The quantitative estimate of drug-likeness (QED) is 0.626. The third kappa shape index (κ3) is 3.02. The van der Waals surface area contributed by atoms with Gasteiger partial charge in [0.25, 0.3) is 0 Å². The highest BCUT2D eigenvalue weighted by Crippen LogP contribution is 2.59. The fourth-order valence-corrected chi connectivity index (χ4v) is 1.90. The lowest BCUT2D eigenvalue weighted by atomic mass is 10.1. The number of allylic oxidation sites excluding steroid dienone is 1. The van der Waals surface area contributed by atoms with Crippen LogP contribution in [-0.2, 0) is 14.3 Å². The number of halogens is 3. The lowest BCUT2D eigenvalue weighted by Crippen LogP contribution is -2.21. The van der Waals surface area contributed by atoms with Gasteiger partial charge in [-0.1, -0.05) is 13.8 Å². The number of carbonyl (C=O) groups is 2. The normalized spacial score (nSPS) is 26.7. The SMILES string of the molecule is CC(F)(F)OC(=O)C(F)=CC1C(C(=O)O)C1(C)C. The molecular weight excluding hydrogens is 253 g/mol. The summed E-state index contributed by atoms with van der Waals surface area (Å²) in [6.45, 7) is 3.47. The molecule has 1 fully saturated rings. The smallest absolute Gasteiger partial charge is 0.397 e. The summed E-state index contributed by atoms with van der Waals surface area (Å²) in [6, 6.07) is 0. The minimum Gasteiger partial charge on any atom is -0.481 e. The highest BCUT2D eigenvalue weighted by Gasteiger charge is 2.61. The van der Waals surface area contributed by atoms with E-state index in [4.69, 9.17) is 5.11 Å². The van der Waals surface area contributed by atoms with Crippen LogP contribution in [-0.4, -0.2) is 23.2 Å². The number of carbonyl (C=O) groups excluding carboxylic acids is 1. The minimum absolute atomic E-state index is 0.305. The Morgan fingerprint density at radius 3 is 2.22 bits per heavy atom. The average Bonchev–Trinajstić information content (AvgIpc) is 2.64. The summed E-state index contributed by atoms with van der Waals surface area (Å²) >= 11 is 0. The number of hydrogen-bond acceptors (Lipinski definition) is 3. The summed E-state index contributed by atoms with van der Waals surface area (Å²) in [5.74, 6) is -5.97. The molecule has 1 aliphatic carbocycles. The fourth-order valence-electron chi connectivity index (χ4n) is 1.90. The fraction of sp³-hybridized carbons (Fsp3) is 0.636. The van der Waals surface area contributed by atoms with Gasteiger partial charge in [-0.15, -0.1) is 0 Å².